The van der Waals surface area contributed by atoms with Gasteiger partial charge in [0.1, 0.15) is 0 Å². The second-order valence-corrected chi connectivity index (χ2v) is 6.14. The molecule has 1 amide bonds. The third-order valence-electron chi connectivity index (χ3n) is 4.44. The Balaban J connectivity index is 2.03. The number of aromatic nitrogens is 1. The van der Waals surface area contributed by atoms with E-state index in [4.69, 9.17) is 4.74 Å². The van der Waals surface area contributed by atoms with Crippen LogP contribution >= 0.6 is 0 Å². The fraction of sp³-hybridized carbons (Fsp3) is 0.611. The van der Waals surface area contributed by atoms with E-state index < -0.39 is 6.04 Å². The second-order valence-electron chi connectivity index (χ2n) is 6.14. The summed E-state index contributed by atoms with van der Waals surface area (Å²) in [4.78, 5) is 28.6. The van der Waals surface area contributed by atoms with E-state index in [1.165, 1.54) is 26.4 Å². The Labute approximate surface area is 137 Å². The van der Waals surface area contributed by atoms with Gasteiger partial charge in [0.15, 0.2) is 0 Å². The van der Waals surface area contributed by atoms with E-state index in [0.29, 0.717) is 5.69 Å². The van der Waals surface area contributed by atoms with Crippen LogP contribution in [0, 0.1) is 5.92 Å². The lowest BCUT2D eigenvalue weighted by Crippen LogP contribution is -2.36. The minimum atomic E-state index is -0.429. The number of nitrogens with one attached hydrogen (secondary N) is 1. The van der Waals surface area contributed by atoms with Gasteiger partial charge in [0, 0.05) is 12.1 Å². The van der Waals surface area contributed by atoms with Crippen LogP contribution in [0.25, 0.3) is 0 Å². The Hall–Kier alpha value is -1.91. The smallest absolute Gasteiger partial charge is 0.308 e. The van der Waals surface area contributed by atoms with Crippen molar-refractivity contribution in [3.8, 4) is 0 Å². The summed E-state index contributed by atoms with van der Waals surface area (Å²) < 4.78 is 4.75. The van der Waals surface area contributed by atoms with E-state index in [0.717, 1.165) is 25.7 Å². The Morgan fingerprint density at radius 1 is 1.22 bits per heavy atom. The molecule has 23 heavy (non-hydrogen) atoms. The van der Waals surface area contributed by atoms with Gasteiger partial charge in [-0.3, -0.25) is 14.6 Å². The minimum Gasteiger partial charge on any atom is -0.469 e. The lowest BCUT2D eigenvalue weighted by Gasteiger charge is -2.23. The summed E-state index contributed by atoms with van der Waals surface area (Å²) in [6, 6.07) is 5.07. The zero-order valence-corrected chi connectivity index (χ0v) is 13.8. The highest BCUT2D eigenvalue weighted by Crippen LogP contribution is 2.24. The van der Waals surface area contributed by atoms with Crippen LogP contribution in [0.2, 0.25) is 0 Å². The van der Waals surface area contributed by atoms with Gasteiger partial charge >= 0.3 is 5.97 Å². The summed E-state index contributed by atoms with van der Waals surface area (Å²) in [6.07, 6.45) is 9.51. The zero-order valence-electron chi connectivity index (χ0n) is 13.8. The molecule has 1 aromatic heterocycles. The van der Waals surface area contributed by atoms with Crippen molar-refractivity contribution >= 4 is 11.9 Å². The topological polar surface area (TPSA) is 68.3 Å². The molecule has 1 aliphatic carbocycles. The maximum atomic E-state index is 12.6. The van der Waals surface area contributed by atoms with Crippen molar-refractivity contribution in [2.24, 2.45) is 5.92 Å². The number of nitrogens with zero attached hydrogens (tertiary/aromatic N) is 1. The number of pyridine rings is 1. The SMILES string of the molecule is COC(=O)CC(NC(=O)C1CCCCCCC1)c1ccccn1. The number of hydrogen-bond donors (Lipinski definition) is 1. The predicted octanol–water partition coefficient (Wildman–Crippen LogP) is 3.16. The van der Waals surface area contributed by atoms with Crippen molar-refractivity contribution in [1.82, 2.24) is 10.3 Å². The van der Waals surface area contributed by atoms with Crippen molar-refractivity contribution in [3.63, 3.8) is 0 Å². The summed E-state index contributed by atoms with van der Waals surface area (Å²) in [5, 5.41) is 3.01. The average molecular weight is 318 g/mol. The minimum absolute atomic E-state index is 0.0338. The molecule has 1 atom stereocenters. The standard InChI is InChI=1S/C18H26N2O3/c1-23-17(21)13-16(15-11-7-8-12-19-15)20-18(22)14-9-5-3-2-4-6-10-14/h7-8,11-12,14,16H,2-6,9-10,13H2,1H3,(H,20,22). The van der Waals surface area contributed by atoms with Gasteiger partial charge in [0.2, 0.25) is 5.91 Å². The molecule has 0 radical (unpaired) electrons. The van der Waals surface area contributed by atoms with E-state index in [1.54, 1.807) is 6.20 Å². The third kappa shape index (κ3) is 5.66. The van der Waals surface area contributed by atoms with Crippen LogP contribution in [-0.2, 0) is 14.3 Å². The van der Waals surface area contributed by atoms with E-state index >= 15 is 0 Å². The molecule has 2 rings (SSSR count). The molecule has 0 bridgehead atoms. The number of amides is 1. The van der Waals surface area contributed by atoms with Crippen LogP contribution < -0.4 is 5.32 Å². The van der Waals surface area contributed by atoms with Crippen LogP contribution in [0.4, 0.5) is 0 Å². The van der Waals surface area contributed by atoms with Crippen molar-refractivity contribution in [2.75, 3.05) is 7.11 Å². The fourth-order valence-corrected chi connectivity index (χ4v) is 3.07. The maximum Gasteiger partial charge on any atom is 0.308 e. The molecule has 0 saturated heterocycles. The van der Waals surface area contributed by atoms with Gasteiger partial charge in [0.25, 0.3) is 0 Å². The third-order valence-corrected chi connectivity index (χ3v) is 4.44. The van der Waals surface area contributed by atoms with Crippen LogP contribution in [-0.4, -0.2) is 24.0 Å². The molecule has 5 nitrogen and oxygen atoms in total. The molecule has 1 saturated carbocycles. The van der Waals surface area contributed by atoms with Crippen LogP contribution in [0.5, 0.6) is 0 Å². The number of carbonyl (C=O) groups excluding carboxylic acids is 2. The Morgan fingerprint density at radius 2 is 1.91 bits per heavy atom. The van der Waals surface area contributed by atoms with Gasteiger partial charge in [-0.25, -0.2) is 0 Å². The highest BCUT2D eigenvalue weighted by atomic mass is 16.5. The van der Waals surface area contributed by atoms with Crippen molar-refractivity contribution in [1.29, 1.82) is 0 Å². The normalized spacial score (nSPS) is 17.6. The lowest BCUT2D eigenvalue weighted by atomic mass is 9.90. The molecule has 126 valence electrons. The number of esters is 1. The van der Waals surface area contributed by atoms with Crippen molar-refractivity contribution in [2.45, 2.75) is 57.4 Å². The predicted molar refractivity (Wildman–Crippen MR) is 87.6 cm³/mol. The quantitative estimate of drug-likeness (QED) is 0.847. The van der Waals surface area contributed by atoms with Gasteiger partial charge in [0.05, 0.1) is 25.3 Å². The van der Waals surface area contributed by atoms with E-state index in [-0.39, 0.29) is 24.2 Å². The first kappa shape index (κ1) is 17.4. The Kier molecular flexibility index (Phi) is 7.04. The summed E-state index contributed by atoms with van der Waals surface area (Å²) in [7, 11) is 1.36. The molecule has 0 spiro atoms. The van der Waals surface area contributed by atoms with Crippen LogP contribution in [0.1, 0.15) is 63.1 Å². The molecule has 1 aromatic rings. The largest absolute Gasteiger partial charge is 0.469 e. The molecule has 0 aromatic carbocycles. The fourth-order valence-electron chi connectivity index (χ4n) is 3.07. The molecule has 1 aliphatic rings. The van der Waals surface area contributed by atoms with Gasteiger partial charge in [-0.2, -0.15) is 0 Å². The monoisotopic (exact) mass is 318 g/mol. The summed E-state index contributed by atoms with van der Waals surface area (Å²) >= 11 is 0. The summed E-state index contributed by atoms with van der Waals surface area (Å²) in [6.45, 7) is 0. The van der Waals surface area contributed by atoms with Crippen LogP contribution in [0.15, 0.2) is 24.4 Å². The lowest BCUT2D eigenvalue weighted by molar-refractivity contribution is -0.141. The molecular formula is C18H26N2O3. The summed E-state index contributed by atoms with van der Waals surface area (Å²) in [5.41, 5.74) is 0.692. The number of methoxy groups -OCH3 is 1. The number of carbonyl (C=O) groups is 2. The first-order valence-corrected chi connectivity index (χ1v) is 8.49. The van der Waals surface area contributed by atoms with Crippen LogP contribution in [0.3, 0.4) is 0 Å². The Morgan fingerprint density at radius 3 is 2.52 bits per heavy atom. The molecule has 1 fully saturated rings. The first-order chi connectivity index (χ1) is 11.2. The van der Waals surface area contributed by atoms with Gasteiger partial charge in [-0.15, -0.1) is 0 Å². The van der Waals surface area contributed by atoms with E-state index in [2.05, 4.69) is 10.3 Å². The summed E-state index contributed by atoms with van der Waals surface area (Å²) in [5.74, 6) is -0.274. The average Bonchev–Trinajstić information content (AvgIpc) is 2.54. The molecule has 1 heterocycles. The highest BCUT2D eigenvalue weighted by molar-refractivity contribution is 5.80. The molecule has 1 unspecified atom stereocenters. The van der Waals surface area contributed by atoms with Crippen molar-refractivity contribution in [3.05, 3.63) is 30.1 Å². The number of rotatable bonds is 5. The number of hydrogen-bond acceptors (Lipinski definition) is 4. The second kappa shape index (κ2) is 9.28. The van der Waals surface area contributed by atoms with Gasteiger partial charge in [-0.1, -0.05) is 38.2 Å². The zero-order chi connectivity index (χ0) is 16.5. The van der Waals surface area contributed by atoms with Crippen molar-refractivity contribution < 1.29 is 14.3 Å². The Bertz CT molecular complexity index is 496. The molecule has 0 aliphatic heterocycles. The molecule has 1 N–H and O–H groups in total. The van der Waals surface area contributed by atoms with Gasteiger partial charge < -0.3 is 10.1 Å². The van der Waals surface area contributed by atoms with Gasteiger partial charge in [-0.05, 0) is 25.0 Å². The molecule has 5 heteroatoms. The number of ether oxygens (including phenoxy) is 1. The highest BCUT2D eigenvalue weighted by Gasteiger charge is 2.25. The maximum absolute atomic E-state index is 12.6. The van der Waals surface area contributed by atoms with E-state index in [9.17, 15) is 9.59 Å². The first-order valence-electron chi connectivity index (χ1n) is 8.49. The molecular weight excluding hydrogens is 292 g/mol. The van der Waals surface area contributed by atoms with E-state index in [1.807, 2.05) is 18.2 Å².